The third-order valence-electron chi connectivity index (χ3n) is 4.64. The summed E-state index contributed by atoms with van der Waals surface area (Å²) >= 11 is 0. The van der Waals surface area contributed by atoms with Gasteiger partial charge in [0, 0.05) is 19.0 Å². The lowest BCUT2D eigenvalue weighted by molar-refractivity contribution is 0.125. The first-order valence-electron chi connectivity index (χ1n) is 7.85. The second-order valence-corrected chi connectivity index (χ2v) is 5.76. The first-order valence-corrected chi connectivity index (χ1v) is 7.85. The fourth-order valence-electron chi connectivity index (χ4n) is 3.48. The molecule has 0 spiro atoms. The molecule has 3 atom stereocenters. The molecular formula is C18H23N3. The summed E-state index contributed by atoms with van der Waals surface area (Å²) in [6.07, 6.45) is 3.62. The molecule has 0 aliphatic heterocycles. The minimum atomic E-state index is 0.101. The summed E-state index contributed by atoms with van der Waals surface area (Å²) in [4.78, 5) is 2.33. The molecule has 0 aromatic heterocycles. The fraction of sp³-hybridized carbons (Fsp3) is 0.556. The van der Waals surface area contributed by atoms with E-state index in [2.05, 4.69) is 48.2 Å². The highest BCUT2D eigenvalue weighted by Crippen LogP contribution is 2.38. The van der Waals surface area contributed by atoms with Crippen molar-refractivity contribution in [1.29, 1.82) is 10.5 Å². The standard InChI is InChI=1S/C18H23N3/c1-2-21(12-6-11-19)18-13-16(9-10-17(18)14-20)15-7-4-3-5-8-15/h3-5,7-8,16-18H,2,6,9-10,12-13H2,1H3. The van der Waals surface area contributed by atoms with Crippen molar-refractivity contribution in [3.63, 3.8) is 0 Å². The molecule has 1 aromatic rings. The van der Waals surface area contributed by atoms with Crippen LogP contribution < -0.4 is 0 Å². The van der Waals surface area contributed by atoms with Crippen molar-refractivity contribution in [2.24, 2.45) is 5.92 Å². The summed E-state index contributed by atoms with van der Waals surface area (Å²) in [6, 6.07) is 15.6. The second kappa shape index (κ2) is 7.81. The van der Waals surface area contributed by atoms with Gasteiger partial charge in [0.15, 0.2) is 0 Å². The van der Waals surface area contributed by atoms with Crippen LogP contribution in [-0.2, 0) is 0 Å². The summed E-state index contributed by atoms with van der Waals surface area (Å²) in [5.74, 6) is 0.639. The van der Waals surface area contributed by atoms with Crippen LogP contribution in [-0.4, -0.2) is 24.0 Å². The highest BCUT2D eigenvalue weighted by atomic mass is 15.2. The van der Waals surface area contributed by atoms with Crippen LogP contribution in [0.1, 0.15) is 44.1 Å². The maximum atomic E-state index is 9.45. The number of rotatable bonds is 5. The van der Waals surface area contributed by atoms with Crippen molar-refractivity contribution < 1.29 is 0 Å². The Bertz CT molecular complexity index is 512. The smallest absolute Gasteiger partial charge is 0.0672 e. The van der Waals surface area contributed by atoms with E-state index in [9.17, 15) is 5.26 Å². The van der Waals surface area contributed by atoms with Crippen LogP contribution in [0.15, 0.2) is 30.3 Å². The lowest BCUT2D eigenvalue weighted by Crippen LogP contribution is -2.44. The lowest BCUT2D eigenvalue weighted by Gasteiger charge is -2.39. The maximum Gasteiger partial charge on any atom is 0.0672 e. The van der Waals surface area contributed by atoms with Gasteiger partial charge < -0.3 is 0 Å². The van der Waals surface area contributed by atoms with Gasteiger partial charge in [-0.2, -0.15) is 10.5 Å². The Kier molecular flexibility index (Phi) is 5.78. The van der Waals surface area contributed by atoms with Crippen LogP contribution in [0.2, 0.25) is 0 Å². The predicted octanol–water partition coefficient (Wildman–Crippen LogP) is 3.70. The van der Waals surface area contributed by atoms with Gasteiger partial charge in [0.1, 0.15) is 0 Å². The number of nitriles is 2. The summed E-state index contributed by atoms with van der Waals surface area (Å²) in [5.41, 5.74) is 1.38. The van der Waals surface area contributed by atoms with Gasteiger partial charge in [-0.25, -0.2) is 0 Å². The zero-order valence-corrected chi connectivity index (χ0v) is 12.7. The minimum Gasteiger partial charge on any atom is -0.298 e. The maximum absolute atomic E-state index is 9.45. The number of nitrogens with zero attached hydrogens (tertiary/aromatic N) is 3. The van der Waals surface area contributed by atoms with Crippen LogP contribution in [0.4, 0.5) is 0 Å². The summed E-state index contributed by atoms with van der Waals surface area (Å²) in [5, 5.41) is 18.3. The average Bonchev–Trinajstić information content (AvgIpc) is 2.56. The van der Waals surface area contributed by atoms with Crippen molar-refractivity contribution in [2.75, 3.05) is 13.1 Å². The van der Waals surface area contributed by atoms with Crippen molar-refractivity contribution in [2.45, 2.75) is 44.6 Å². The topological polar surface area (TPSA) is 50.8 Å². The van der Waals surface area contributed by atoms with E-state index in [1.165, 1.54) is 5.56 Å². The van der Waals surface area contributed by atoms with Gasteiger partial charge >= 0.3 is 0 Å². The van der Waals surface area contributed by atoms with Crippen molar-refractivity contribution >= 4 is 0 Å². The van der Waals surface area contributed by atoms with E-state index in [-0.39, 0.29) is 12.0 Å². The van der Waals surface area contributed by atoms with Crippen molar-refractivity contribution in [3.05, 3.63) is 35.9 Å². The summed E-state index contributed by atoms with van der Waals surface area (Å²) < 4.78 is 0. The number of benzene rings is 1. The largest absolute Gasteiger partial charge is 0.298 e. The Balaban J connectivity index is 2.12. The number of hydrogen-bond acceptors (Lipinski definition) is 3. The molecular weight excluding hydrogens is 258 g/mol. The fourth-order valence-corrected chi connectivity index (χ4v) is 3.48. The highest BCUT2D eigenvalue weighted by molar-refractivity contribution is 5.21. The Hall–Kier alpha value is -1.84. The van der Waals surface area contributed by atoms with E-state index >= 15 is 0 Å². The van der Waals surface area contributed by atoms with E-state index < -0.39 is 0 Å². The molecule has 0 heterocycles. The van der Waals surface area contributed by atoms with Gasteiger partial charge in [-0.05, 0) is 37.3 Å². The van der Waals surface area contributed by atoms with Gasteiger partial charge in [0.25, 0.3) is 0 Å². The van der Waals surface area contributed by atoms with Gasteiger partial charge in [-0.3, -0.25) is 4.90 Å². The summed E-state index contributed by atoms with van der Waals surface area (Å²) in [7, 11) is 0. The van der Waals surface area contributed by atoms with Crippen LogP contribution in [0.25, 0.3) is 0 Å². The molecule has 3 unspecified atom stereocenters. The van der Waals surface area contributed by atoms with E-state index in [0.29, 0.717) is 12.3 Å². The van der Waals surface area contributed by atoms with Crippen LogP contribution in [0.3, 0.4) is 0 Å². The Morgan fingerprint density at radius 2 is 1.95 bits per heavy atom. The van der Waals surface area contributed by atoms with Crippen LogP contribution in [0.5, 0.6) is 0 Å². The molecule has 3 nitrogen and oxygen atoms in total. The molecule has 2 rings (SSSR count). The quantitative estimate of drug-likeness (QED) is 0.827. The van der Waals surface area contributed by atoms with E-state index in [0.717, 1.165) is 32.4 Å². The molecule has 0 bridgehead atoms. The number of hydrogen-bond donors (Lipinski definition) is 0. The van der Waals surface area contributed by atoms with Crippen molar-refractivity contribution in [1.82, 2.24) is 4.90 Å². The molecule has 0 amide bonds. The zero-order valence-electron chi connectivity index (χ0n) is 12.7. The predicted molar refractivity (Wildman–Crippen MR) is 83.4 cm³/mol. The van der Waals surface area contributed by atoms with E-state index in [1.807, 2.05) is 6.07 Å². The minimum absolute atomic E-state index is 0.101. The van der Waals surface area contributed by atoms with Crippen LogP contribution >= 0.6 is 0 Å². The molecule has 3 heteroatoms. The van der Waals surface area contributed by atoms with E-state index in [4.69, 9.17) is 5.26 Å². The molecule has 110 valence electrons. The van der Waals surface area contributed by atoms with Crippen LogP contribution in [0, 0.1) is 28.6 Å². The van der Waals surface area contributed by atoms with E-state index in [1.54, 1.807) is 0 Å². The van der Waals surface area contributed by atoms with Gasteiger partial charge in [-0.15, -0.1) is 0 Å². The normalized spacial score (nSPS) is 25.2. The van der Waals surface area contributed by atoms with Gasteiger partial charge in [0.2, 0.25) is 0 Å². The monoisotopic (exact) mass is 281 g/mol. The Labute approximate surface area is 127 Å². The molecule has 0 radical (unpaired) electrons. The van der Waals surface area contributed by atoms with Crippen molar-refractivity contribution in [3.8, 4) is 12.1 Å². The van der Waals surface area contributed by atoms with Gasteiger partial charge in [-0.1, -0.05) is 37.3 Å². The molecule has 0 N–H and O–H groups in total. The SMILES string of the molecule is CCN(CCC#N)C1CC(c2ccccc2)CCC1C#N. The second-order valence-electron chi connectivity index (χ2n) is 5.76. The third kappa shape index (κ3) is 3.84. The molecule has 1 aliphatic rings. The molecule has 1 saturated carbocycles. The Morgan fingerprint density at radius 1 is 1.19 bits per heavy atom. The highest BCUT2D eigenvalue weighted by Gasteiger charge is 2.34. The lowest BCUT2D eigenvalue weighted by atomic mass is 9.75. The first-order chi connectivity index (χ1) is 10.3. The third-order valence-corrected chi connectivity index (χ3v) is 4.64. The molecule has 21 heavy (non-hydrogen) atoms. The zero-order chi connectivity index (χ0) is 15.1. The molecule has 1 aromatic carbocycles. The molecule has 0 saturated heterocycles. The average molecular weight is 281 g/mol. The Morgan fingerprint density at radius 3 is 2.57 bits per heavy atom. The summed E-state index contributed by atoms with van der Waals surface area (Å²) in [6.45, 7) is 3.81. The molecule has 1 aliphatic carbocycles. The van der Waals surface area contributed by atoms with Gasteiger partial charge in [0.05, 0.1) is 18.1 Å². The first kappa shape index (κ1) is 15.5. The molecule has 1 fully saturated rings.